The Morgan fingerprint density at radius 3 is 2.43 bits per heavy atom. The fourth-order valence-electron chi connectivity index (χ4n) is 2.56. The highest BCUT2D eigenvalue weighted by atomic mass is 32.2. The van der Waals surface area contributed by atoms with Gasteiger partial charge in [0.2, 0.25) is 9.84 Å². The van der Waals surface area contributed by atoms with Crippen molar-refractivity contribution in [3.63, 3.8) is 0 Å². The third kappa shape index (κ3) is 3.55. The molecule has 0 aliphatic heterocycles. The summed E-state index contributed by atoms with van der Waals surface area (Å²) in [5.74, 6) is 0. The molecule has 0 aliphatic carbocycles. The number of nitrogens with zero attached hydrogens (tertiary/aromatic N) is 1. The number of fused-ring (bicyclic) bond motifs is 1. The molecule has 2 aromatic carbocycles. The van der Waals surface area contributed by atoms with Crippen molar-refractivity contribution in [3.05, 3.63) is 65.5 Å². The van der Waals surface area contributed by atoms with Crippen LogP contribution >= 0.6 is 22.7 Å². The highest BCUT2D eigenvalue weighted by molar-refractivity contribution is 7.95. The van der Waals surface area contributed by atoms with Crippen LogP contribution in [0.2, 0.25) is 0 Å². The van der Waals surface area contributed by atoms with Crippen LogP contribution in [0.25, 0.3) is 10.2 Å². The molecule has 4 rings (SSSR count). The summed E-state index contributed by atoms with van der Waals surface area (Å²) in [6, 6.07) is 14.7. The Kier molecular flexibility index (Phi) is 4.74. The van der Waals surface area contributed by atoms with Crippen molar-refractivity contribution >= 4 is 57.9 Å². The summed E-state index contributed by atoms with van der Waals surface area (Å²) in [4.78, 5) is 4.35. The first kappa shape index (κ1) is 19.1. The maximum atomic E-state index is 12.7. The lowest BCUT2D eigenvalue weighted by Gasteiger charge is -2.02. The third-order valence-corrected chi connectivity index (χ3v) is 9.69. The number of thiazole rings is 1. The van der Waals surface area contributed by atoms with Crippen molar-refractivity contribution in [1.29, 1.82) is 0 Å². The molecule has 0 aliphatic rings. The first-order chi connectivity index (χ1) is 13.3. The third-order valence-electron chi connectivity index (χ3n) is 3.95. The monoisotopic (exact) mass is 450 g/mol. The molecule has 144 valence electrons. The maximum absolute atomic E-state index is 12.7. The number of aryl methyl sites for hydroxylation is 1. The van der Waals surface area contributed by atoms with E-state index < -0.39 is 19.9 Å². The lowest BCUT2D eigenvalue weighted by atomic mass is 10.2. The van der Waals surface area contributed by atoms with Crippen molar-refractivity contribution in [2.75, 3.05) is 4.72 Å². The van der Waals surface area contributed by atoms with Gasteiger partial charge in [-0.15, -0.1) is 11.3 Å². The Labute approximate surface area is 170 Å². The van der Waals surface area contributed by atoms with E-state index in [1.54, 1.807) is 18.2 Å². The average Bonchev–Trinajstić information content (AvgIpc) is 3.29. The van der Waals surface area contributed by atoms with Gasteiger partial charge in [-0.05, 0) is 42.8 Å². The second-order valence-electron chi connectivity index (χ2n) is 6.01. The molecular weight excluding hydrogens is 436 g/mol. The summed E-state index contributed by atoms with van der Waals surface area (Å²) < 4.78 is 53.9. The minimum Gasteiger partial charge on any atom is -0.254 e. The molecule has 2 heterocycles. The van der Waals surface area contributed by atoms with E-state index in [1.807, 2.05) is 25.1 Å². The number of thiophene rings is 1. The SMILES string of the molecule is Cc1ccc2nc(NS(=O)(=O)c3cc(S(=O)(=O)c4ccccc4)cs3)sc2c1. The molecule has 2 aromatic heterocycles. The number of nitrogens with one attached hydrogen (secondary N) is 1. The van der Waals surface area contributed by atoms with Crippen molar-refractivity contribution in [2.45, 2.75) is 20.9 Å². The van der Waals surface area contributed by atoms with Crippen LogP contribution in [-0.2, 0) is 19.9 Å². The number of benzene rings is 2. The van der Waals surface area contributed by atoms with E-state index in [0.29, 0.717) is 5.52 Å². The molecule has 10 heteroatoms. The van der Waals surface area contributed by atoms with Crippen LogP contribution < -0.4 is 4.72 Å². The Hall–Kier alpha value is -2.27. The van der Waals surface area contributed by atoms with Gasteiger partial charge in [-0.3, -0.25) is 4.72 Å². The Balaban J connectivity index is 1.65. The van der Waals surface area contributed by atoms with Crippen LogP contribution in [0.4, 0.5) is 5.13 Å². The van der Waals surface area contributed by atoms with Crippen LogP contribution in [0.15, 0.2) is 74.0 Å². The van der Waals surface area contributed by atoms with Crippen molar-refractivity contribution in [1.82, 2.24) is 4.98 Å². The fourth-order valence-corrected chi connectivity index (χ4v) is 7.66. The molecule has 0 atom stereocenters. The van der Waals surface area contributed by atoms with E-state index in [-0.39, 0.29) is 19.1 Å². The largest absolute Gasteiger partial charge is 0.273 e. The number of hydrogen-bond acceptors (Lipinski definition) is 7. The van der Waals surface area contributed by atoms with Gasteiger partial charge < -0.3 is 0 Å². The molecule has 1 N–H and O–H groups in total. The molecule has 0 amide bonds. The summed E-state index contributed by atoms with van der Waals surface area (Å²) in [5, 5.41) is 1.57. The summed E-state index contributed by atoms with van der Waals surface area (Å²) in [6.07, 6.45) is 0. The normalized spacial score (nSPS) is 12.3. The summed E-state index contributed by atoms with van der Waals surface area (Å²) in [6.45, 7) is 1.95. The predicted molar refractivity (Wildman–Crippen MR) is 111 cm³/mol. The summed E-state index contributed by atoms with van der Waals surface area (Å²) >= 11 is 2.08. The zero-order valence-corrected chi connectivity index (χ0v) is 17.8. The van der Waals surface area contributed by atoms with Crippen LogP contribution in [0, 0.1) is 6.92 Å². The first-order valence-electron chi connectivity index (χ1n) is 8.04. The molecule has 0 fully saturated rings. The summed E-state index contributed by atoms with van der Waals surface area (Å²) in [7, 11) is -7.71. The Morgan fingerprint density at radius 2 is 1.68 bits per heavy atom. The smallest absolute Gasteiger partial charge is 0.254 e. The number of hydrogen-bond donors (Lipinski definition) is 1. The van der Waals surface area contributed by atoms with E-state index >= 15 is 0 Å². The van der Waals surface area contributed by atoms with Gasteiger partial charge in [-0.2, -0.15) is 0 Å². The van der Waals surface area contributed by atoms with Crippen molar-refractivity contribution < 1.29 is 16.8 Å². The molecule has 4 aromatic rings. The number of anilines is 1. The molecule has 0 bridgehead atoms. The molecule has 6 nitrogen and oxygen atoms in total. The molecule has 0 saturated carbocycles. The highest BCUT2D eigenvalue weighted by Crippen LogP contribution is 2.32. The van der Waals surface area contributed by atoms with Crippen LogP contribution in [-0.4, -0.2) is 21.8 Å². The van der Waals surface area contributed by atoms with Gasteiger partial charge in [0, 0.05) is 5.38 Å². The van der Waals surface area contributed by atoms with Gasteiger partial charge in [0.25, 0.3) is 10.0 Å². The van der Waals surface area contributed by atoms with Gasteiger partial charge in [0.15, 0.2) is 5.13 Å². The van der Waals surface area contributed by atoms with Gasteiger partial charge in [-0.1, -0.05) is 35.6 Å². The lowest BCUT2D eigenvalue weighted by molar-refractivity contribution is 0.596. The molecular formula is C18H14N2O4S4. The van der Waals surface area contributed by atoms with Gasteiger partial charge in [-0.25, -0.2) is 21.8 Å². The van der Waals surface area contributed by atoms with E-state index in [0.717, 1.165) is 21.6 Å². The number of rotatable bonds is 5. The molecule has 0 radical (unpaired) electrons. The van der Waals surface area contributed by atoms with Gasteiger partial charge >= 0.3 is 0 Å². The molecule has 28 heavy (non-hydrogen) atoms. The van der Waals surface area contributed by atoms with Crippen LogP contribution in [0.5, 0.6) is 0 Å². The maximum Gasteiger partial charge on any atom is 0.273 e. The number of sulfonamides is 1. The van der Waals surface area contributed by atoms with Crippen LogP contribution in [0.3, 0.4) is 0 Å². The fraction of sp³-hybridized carbons (Fsp3) is 0.0556. The minimum absolute atomic E-state index is 0.0519. The Morgan fingerprint density at radius 1 is 0.929 bits per heavy atom. The minimum atomic E-state index is -3.94. The zero-order valence-electron chi connectivity index (χ0n) is 14.5. The van der Waals surface area contributed by atoms with E-state index in [1.165, 1.54) is 34.9 Å². The predicted octanol–water partition coefficient (Wildman–Crippen LogP) is 4.30. The highest BCUT2D eigenvalue weighted by Gasteiger charge is 2.24. The molecule has 0 spiro atoms. The number of sulfone groups is 1. The van der Waals surface area contributed by atoms with Crippen LogP contribution in [0.1, 0.15) is 5.56 Å². The second-order valence-corrected chi connectivity index (χ2v) is 11.8. The van der Waals surface area contributed by atoms with Gasteiger partial charge in [0.05, 0.1) is 20.0 Å². The summed E-state index contributed by atoms with van der Waals surface area (Å²) in [5.41, 5.74) is 1.76. The average molecular weight is 451 g/mol. The van der Waals surface area contributed by atoms with Gasteiger partial charge in [0.1, 0.15) is 4.21 Å². The Bertz CT molecular complexity index is 1370. The topological polar surface area (TPSA) is 93.2 Å². The van der Waals surface area contributed by atoms with Crippen molar-refractivity contribution in [3.8, 4) is 0 Å². The second kappa shape index (κ2) is 6.96. The quantitative estimate of drug-likeness (QED) is 0.489. The standard InChI is InChI=1S/C18H14N2O4S4/c1-12-7-8-15-16(9-12)26-18(19-15)20-28(23,24)17-10-14(11-25-17)27(21,22)13-5-3-2-4-6-13/h2-11H,1H3,(H,19,20). The van der Waals surface area contributed by atoms with E-state index in [9.17, 15) is 16.8 Å². The van der Waals surface area contributed by atoms with E-state index in [2.05, 4.69) is 9.71 Å². The number of aromatic nitrogens is 1. The van der Waals surface area contributed by atoms with E-state index in [4.69, 9.17) is 0 Å². The molecule has 0 unspecified atom stereocenters. The molecule has 0 saturated heterocycles. The first-order valence-corrected chi connectivity index (χ1v) is 12.7. The lowest BCUT2D eigenvalue weighted by Crippen LogP contribution is -2.11. The zero-order chi connectivity index (χ0) is 19.9. The van der Waals surface area contributed by atoms with Crippen molar-refractivity contribution in [2.24, 2.45) is 0 Å².